The minimum atomic E-state index is -0.558. The second kappa shape index (κ2) is 36.1. The molecule has 3 heteroatoms. The Kier molecular flexibility index (Phi) is 36.0. The second-order valence-corrected chi connectivity index (χ2v) is 13.4. The van der Waals surface area contributed by atoms with Crippen molar-refractivity contribution in [1.29, 1.82) is 0 Å². The van der Waals surface area contributed by atoms with E-state index < -0.39 is 12.5 Å². The molecule has 0 aliphatic carbocycles. The van der Waals surface area contributed by atoms with E-state index in [2.05, 4.69) is 19.2 Å². The number of nitrogens with one attached hydrogen (secondary N) is 1. The van der Waals surface area contributed by atoms with Crippen molar-refractivity contribution in [1.82, 2.24) is 5.32 Å². The lowest BCUT2D eigenvalue weighted by molar-refractivity contribution is 0.0310. The molecule has 0 aliphatic rings. The molecule has 0 fully saturated rings. The normalized spacial score (nSPS) is 13.2. The van der Waals surface area contributed by atoms with Gasteiger partial charge in [-0.1, -0.05) is 206 Å². The molecule has 0 spiro atoms. The summed E-state index contributed by atoms with van der Waals surface area (Å²) in [5.74, 6) is 0. The van der Waals surface area contributed by atoms with Gasteiger partial charge in [0.15, 0.2) is 0 Å². The van der Waals surface area contributed by atoms with E-state index in [0.29, 0.717) is 0 Å². The van der Waals surface area contributed by atoms with Crippen molar-refractivity contribution in [2.24, 2.45) is 0 Å². The molecule has 41 heavy (non-hydrogen) atoms. The predicted octanol–water partition coefficient (Wildman–Crippen LogP) is 12.5. The van der Waals surface area contributed by atoms with Gasteiger partial charge < -0.3 is 10.2 Å². The number of rotatable bonds is 36. The van der Waals surface area contributed by atoms with E-state index in [4.69, 9.17) is 0 Å². The maximum atomic E-state index is 10.2. The summed E-state index contributed by atoms with van der Waals surface area (Å²) >= 11 is 0. The van der Waals surface area contributed by atoms with Crippen molar-refractivity contribution in [2.45, 2.75) is 245 Å². The highest BCUT2D eigenvalue weighted by atomic mass is 16.3. The van der Waals surface area contributed by atoms with Gasteiger partial charge in [-0.3, -0.25) is 5.32 Å². The van der Waals surface area contributed by atoms with Gasteiger partial charge in [-0.25, -0.2) is 0 Å². The lowest BCUT2D eigenvalue weighted by Gasteiger charge is -2.18. The summed E-state index contributed by atoms with van der Waals surface area (Å²) in [5.41, 5.74) is 0. The summed E-state index contributed by atoms with van der Waals surface area (Å²) in [5, 5.41) is 23.4. The largest absolute Gasteiger partial charge is 0.379 e. The van der Waals surface area contributed by atoms with E-state index >= 15 is 0 Å². The van der Waals surface area contributed by atoms with E-state index in [1.807, 2.05) is 0 Å². The summed E-state index contributed by atoms with van der Waals surface area (Å²) in [6, 6.07) is 0. The Morgan fingerprint density at radius 1 is 0.293 bits per heavy atom. The maximum absolute atomic E-state index is 10.2. The van der Waals surface area contributed by atoms with Crippen LogP contribution in [0.5, 0.6) is 0 Å². The van der Waals surface area contributed by atoms with Gasteiger partial charge in [-0.05, 0) is 25.7 Å². The van der Waals surface area contributed by atoms with Crippen molar-refractivity contribution in [3.63, 3.8) is 0 Å². The number of hydrogen-bond donors (Lipinski definition) is 3. The van der Waals surface area contributed by atoms with Crippen molar-refractivity contribution < 1.29 is 10.2 Å². The first-order valence-electron chi connectivity index (χ1n) is 19.3. The highest BCUT2D eigenvalue weighted by Gasteiger charge is 2.09. The molecule has 248 valence electrons. The molecular formula is C38H79NO2. The lowest BCUT2D eigenvalue weighted by atomic mass is 10.0. The van der Waals surface area contributed by atoms with Gasteiger partial charge in [0.25, 0.3) is 0 Å². The molecule has 2 unspecified atom stereocenters. The fourth-order valence-corrected chi connectivity index (χ4v) is 6.16. The van der Waals surface area contributed by atoms with Crippen LogP contribution in [0.15, 0.2) is 0 Å². The molecule has 3 N–H and O–H groups in total. The topological polar surface area (TPSA) is 52.5 Å². The van der Waals surface area contributed by atoms with Crippen LogP contribution < -0.4 is 5.32 Å². The highest BCUT2D eigenvalue weighted by Crippen LogP contribution is 2.16. The van der Waals surface area contributed by atoms with Crippen LogP contribution in [-0.2, 0) is 0 Å². The van der Waals surface area contributed by atoms with Gasteiger partial charge in [0.05, 0.1) is 0 Å². The SMILES string of the molecule is CCCCCCCCCCCCCCCCCCCC(O)NC(O)CCCCCCCCCCCCCCCCC. The van der Waals surface area contributed by atoms with Gasteiger partial charge in [-0.2, -0.15) is 0 Å². The summed E-state index contributed by atoms with van der Waals surface area (Å²) in [6.45, 7) is 4.58. The Bertz CT molecular complexity index is 458. The average Bonchev–Trinajstić information content (AvgIpc) is 2.96. The van der Waals surface area contributed by atoms with Crippen LogP contribution in [0.2, 0.25) is 0 Å². The first-order chi connectivity index (χ1) is 20.2. The third-order valence-electron chi connectivity index (χ3n) is 9.05. The molecule has 0 bridgehead atoms. The Morgan fingerprint density at radius 3 is 0.659 bits per heavy atom. The van der Waals surface area contributed by atoms with Crippen molar-refractivity contribution in [3.8, 4) is 0 Å². The predicted molar refractivity (Wildman–Crippen MR) is 183 cm³/mol. The zero-order chi connectivity index (χ0) is 29.9. The molecule has 0 heterocycles. The molecule has 0 aromatic carbocycles. The number of aliphatic hydroxyl groups excluding tert-OH is 2. The standard InChI is InChI=1S/C38H79NO2/c1-3-5-7-9-11-13-15-17-19-20-22-24-26-28-30-32-34-36-38(41)39-37(40)35-33-31-29-27-25-23-21-18-16-14-12-10-8-6-4-2/h37-41H,3-36H2,1-2H3. The van der Waals surface area contributed by atoms with Crippen LogP contribution in [0.3, 0.4) is 0 Å². The van der Waals surface area contributed by atoms with Crippen LogP contribution in [0, 0.1) is 0 Å². The summed E-state index contributed by atoms with van der Waals surface area (Å²) in [4.78, 5) is 0. The van der Waals surface area contributed by atoms with Gasteiger partial charge in [0.2, 0.25) is 0 Å². The Labute approximate surface area is 259 Å². The number of hydrogen-bond acceptors (Lipinski definition) is 3. The molecule has 3 nitrogen and oxygen atoms in total. The summed E-state index contributed by atoms with van der Waals surface area (Å²) < 4.78 is 0. The van der Waals surface area contributed by atoms with E-state index in [9.17, 15) is 10.2 Å². The van der Waals surface area contributed by atoms with Crippen molar-refractivity contribution >= 4 is 0 Å². The molecule has 0 saturated carbocycles. The molecule has 0 radical (unpaired) electrons. The minimum absolute atomic E-state index is 0.558. The second-order valence-electron chi connectivity index (χ2n) is 13.4. The molecule has 0 aliphatic heterocycles. The van der Waals surface area contributed by atoms with Gasteiger partial charge in [-0.15, -0.1) is 0 Å². The van der Waals surface area contributed by atoms with Crippen LogP contribution >= 0.6 is 0 Å². The fourth-order valence-electron chi connectivity index (χ4n) is 6.16. The van der Waals surface area contributed by atoms with Crippen molar-refractivity contribution in [3.05, 3.63) is 0 Å². The molecular weight excluding hydrogens is 502 g/mol. The molecule has 2 atom stereocenters. The fraction of sp³-hybridized carbons (Fsp3) is 1.00. The molecule has 0 aromatic rings. The molecule has 0 amide bonds. The lowest BCUT2D eigenvalue weighted by Crippen LogP contribution is -2.38. The van der Waals surface area contributed by atoms with E-state index in [1.165, 1.54) is 193 Å². The summed E-state index contributed by atoms with van der Waals surface area (Å²) in [7, 11) is 0. The van der Waals surface area contributed by atoms with Crippen LogP contribution in [0.1, 0.15) is 232 Å². The van der Waals surface area contributed by atoms with Gasteiger partial charge in [0.1, 0.15) is 12.5 Å². The van der Waals surface area contributed by atoms with Crippen molar-refractivity contribution in [2.75, 3.05) is 0 Å². The third kappa shape index (κ3) is 36.0. The van der Waals surface area contributed by atoms with Gasteiger partial charge >= 0.3 is 0 Å². The highest BCUT2D eigenvalue weighted by molar-refractivity contribution is 4.60. The molecule has 0 saturated heterocycles. The smallest absolute Gasteiger partial charge is 0.106 e. The summed E-state index contributed by atoms with van der Waals surface area (Å²) in [6.07, 6.45) is 44.2. The van der Waals surface area contributed by atoms with Crippen LogP contribution in [0.25, 0.3) is 0 Å². The average molecular weight is 582 g/mol. The minimum Gasteiger partial charge on any atom is -0.379 e. The first-order valence-corrected chi connectivity index (χ1v) is 19.3. The van der Waals surface area contributed by atoms with Crippen LogP contribution in [-0.4, -0.2) is 22.7 Å². The Balaban J connectivity index is 3.25. The quantitative estimate of drug-likeness (QED) is 0.0509. The molecule has 0 rings (SSSR count). The third-order valence-corrected chi connectivity index (χ3v) is 9.05. The van der Waals surface area contributed by atoms with E-state index in [1.54, 1.807) is 0 Å². The van der Waals surface area contributed by atoms with Crippen LogP contribution in [0.4, 0.5) is 0 Å². The number of aliphatic hydroxyl groups is 2. The van der Waals surface area contributed by atoms with E-state index in [-0.39, 0.29) is 0 Å². The van der Waals surface area contributed by atoms with Gasteiger partial charge in [0, 0.05) is 0 Å². The first kappa shape index (κ1) is 40.9. The molecule has 0 aromatic heterocycles. The van der Waals surface area contributed by atoms with E-state index in [0.717, 1.165) is 25.7 Å². The Morgan fingerprint density at radius 2 is 0.463 bits per heavy atom. The number of unbranched alkanes of at least 4 members (excludes halogenated alkanes) is 30. The zero-order valence-electron chi connectivity index (χ0n) is 28.6. The monoisotopic (exact) mass is 582 g/mol. The zero-order valence-corrected chi connectivity index (χ0v) is 28.6. The maximum Gasteiger partial charge on any atom is 0.106 e. The Hall–Kier alpha value is -0.120.